The number of carbonyl (C=O) groups excluding carboxylic acids is 3. The molecule has 25 heavy (non-hydrogen) atoms. The van der Waals surface area contributed by atoms with Gasteiger partial charge in [0.2, 0.25) is 5.91 Å². The molecule has 2 N–H and O–H groups in total. The van der Waals surface area contributed by atoms with E-state index >= 15 is 0 Å². The molecule has 0 bridgehead atoms. The summed E-state index contributed by atoms with van der Waals surface area (Å²) in [5.41, 5.74) is 0.931. The molecule has 0 saturated heterocycles. The third-order valence-electron chi connectivity index (χ3n) is 4.53. The van der Waals surface area contributed by atoms with Gasteiger partial charge in [0.1, 0.15) is 0 Å². The van der Waals surface area contributed by atoms with Crippen LogP contribution in [0.25, 0.3) is 0 Å². The molecule has 0 aliphatic heterocycles. The summed E-state index contributed by atoms with van der Waals surface area (Å²) in [6.45, 7) is 5.12. The van der Waals surface area contributed by atoms with Gasteiger partial charge in [-0.05, 0) is 49.9 Å². The first-order valence-electron chi connectivity index (χ1n) is 8.76. The molecule has 0 aromatic heterocycles. The van der Waals surface area contributed by atoms with Crippen molar-refractivity contribution in [1.82, 2.24) is 5.32 Å². The second-order valence-electron chi connectivity index (χ2n) is 6.68. The van der Waals surface area contributed by atoms with E-state index in [0.29, 0.717) is 17.2 Å². The second-order valence-corrected chi connectivity index (χ2v) is 6.68. The molecule has 1 aliphatic rings. The van der Waals surface area contributed by atoms with Crippen molar-refractivity contribution in [2.75, 3.05) is 5.32 Å². The highest BCUT2D eigenvalue weighted by molar-refractivity contribution is 5.93. The van der Waals surface area contributed by atoms with E-state index in [0.717, 1.165) is 19.3 Å². The maximum absolute atomic E-state index is 12.3. The Labute approximate surface area is 148 Å². The van der Waals surface area contributed by atoms with Crippen molar-refractivity contribution in [2.45, 2.75) is 58.6 Å². The quantitative estimate of drug-likeness (QED) is 0.803. The molecule has 6 heteroatoms. The molecule has 1 fully saturated rings. The normalized spacial score (nSPS) is 21.1. The number of rotatable bonds is 5. The highest BCUT2D eigenvalue weighted by atomic mass is 16.5. The molecule has 1 aliphatic carbocycles. The van der Waals surface area contributed by atoms with Crippen molar-refractivity contribution in [2.24, 2.45) is 5.92 Å². The molecule has 1 aromatic carbocycles. The summed E-state index contributed by atoms with van der Waals surface area (Å²) in [5.74, 6) is -0.560. The molecular formula is C19H26N2O4. The summed E-state index contributed by atoms with van der Waals surface area (Å²) in [5, 5.41) is 5.62. The summed E-state index contributed by atoms with van der Waals surface area (Å²) < 4.78 is 5.26. The monoisotopic (exact) mass is 346 g/mol. The van der Waals surface area contributed by atoms with Crippen molar-refractivity contribution in [3.8, 4) is 0 Å². The molecule has 0 radical (unpaired) electrons. The summed E-state index contributed by atoms with van der Waals surface area (Å²) in [7, 11) is 0. The predicted octanol–water partition coefficient (Wildman–Crippen LogP) is 2.89. The molecule has 6 nitrogen and oxygen atoms in total. The summed E-state index contributed by atoms with van der Waals surface area (Å²) in [6.07, 6.45) is 3.55. The standard InChI is InChI=1S/C19H26N2O4/c1-12-6-4-5-7-17(12)21-18(23)13(2)25-19(24)15-8-10-16(11-9-15)20-14(3)22/h8-13,17H,4-7H2,1-3H3,(H,20,22)(H,21,23)/t12-,13+,17-/m0/s1. The lowest BCUT2D eigenvalue weighted by molar-refractivity contribution is -0.130. The maximum Gasteiger partial charge on any atom is 0.338 e. The number of esters is 1. The molecule has 3 atom stereocenters. The lowest BCUT2D eigenvalue weighted by atomic mass is 9.86. The number of benzene rings is 1. The van der Waals surface area contributed by atoms with Crippen LogP contribution in [0.3, 0.4) is 0 Å². The highest BCUT2D eigenvalue weighted by Gasteiger charge is 2.26. The molecule has 2 rings (SSSR count). The average molecular weight is 346 g/mol. The van der Waals surface area contributed by atoms with Crippen LogP contribution in [0, 0.1) is 5.92 Å². The van der Waals surface area contributed by atoms with Crippen molar-refractivity contribution < 1.29 is 19.1 Å². The van der Waals surface area contributed by atoms with E-state index < -0.39 is 12.1 Å². The Bertz CT molecular complexity index is 627. The van der Waals surface area contributed by atoms with Crippen molar-refractivity contribution in [3.63, 3.8) is 0 Å². The number of nitrogens with one attached hydrogen (secondary N) is 2. The molecule has 1 saturated carbocycles. The van der Waals surface area contributed by atoms with Crippen LogP contribution < -0.4 is 10.6 Å². The third-order valence-corrected chi connectivity index (χ3v) is 4.53. The van der Waals surface area contributed by atoms with Gasteiger partial charge >= 0.3 is 5.97 Å². The summed E-state index contributed by atoms with van der Waals surface area (Å²) in [6, 6.07) is 6.50. The number of hydrogen-bond acceptors (Lipinski definition) is 4. The van der Waals surface area contributed by atoms with Gasteiger partial charge in [0.15, 0.2) is 6.10 Å². The van der Waals surface area contributed by atoms with E-state index in [2.05, 4.69) is 17.6 Å². The Kier molecular flexibility index (Phi) is 6.56. The first kappa shape index (κ1) is 19.0. The van der Waals surface area contributed by atoms with Crippen molar-refractivity contribution in [1.29, 1.82) is 0 Å². The summed E-state index contributed by atoms with van der Waals surface area (Å²) in [4.78, 5) is 35.4. The van der Waals surface area contributed by atoms with E-state index in [-0.39, 0.29) is 17.9 Å². The van der Waals surface area contributed by atoms with E-state index in [9.17, 15) is 14.4 Å². The van der Waals surface area contributed by atoms with Crippen LogP contribution in [0.1, 0.15) is 56.8 Å². The second kappa shape index (κ2) is 8.65. The predicted molar refractivity (Wildman–Crippen MR) is 95.2 cm³/mol. The van der Waals surface area contributed by atoms with Crippen molar-refractivity contribution in [3.05, 3.63) is 29.8 Å². The lowest BCUT2D eigenvalue weighted by Gasteiger charge is -2.30. The zero-order valence-corrected chi connectivity index (χ0v) is 15.0. The molecule has 136 valence electrons. The summed E-state index contributed by atoms with van der Waals surface area (Å²) >= 11 is 0. The Morgan fingerprint density at radius 3 is 2.36 bits per heavy atom. The molecule has 0 spiro atoms. The first-order valence-corrected chi connectivity index (χ1v) is 8.76. The molecule has 0 unspecified atom stereocenters. The van der Waals surface area contributed by atoms with E-state index in [1.807, 2.05) is 0 Å². The van der Waals surface area contributed by atoms with Gasteiger partial charge in [0.05, 0.1) is 5.56 Å². The Morgan fingerprint density at radius 1 is 1.12 bits per heavy atom. The molecular weight excluding hydrogens is 320 g/mol. The molecule has 1 aromatic rings. The SMILES string of the molecule is CC(=O)Nc1ccc(C(=O)O[C@H](C)C(=O)N[C@H]2CCCC[C@@H]2C)cc1. The number of carbonyl (C=O) groups is 3. The fraction of sp³-hybridized carbons (Fsp3) is 0.526. The van der Waals surface area contributed by atoms with Gasteiger partial charge < -0.3 is 15.4 Å². The number of amides is 2. The topological polar surface area (TPSA) is 84.5 Å². The maximum atomic E-state index is 12.3. The van der Waals surface area contributed by atoms with E-state index in [4.69, 9.17) is 4.74 Å². The van der Waals surface area contributed by atoms with Crippen LogP contribution in [0.4, 0.5) is 5.69 Å². The fourth-order valence-corrected chi connectivity index (χ4v) is 3.01. The van der Waals surface area contributed by atoms with Crippen LogP contribution in [0.2, 0.25) is 0 Å². The van der Waals surface area contributed by atoms with E-state index in [1.165, 1.54) is 13.3 Å². The molecule has 0 heterocycles. The Morgan fingerprint density at radius 2 is 1.76 bits per heavy atom. The number of anilines is 1. The van der Waals surface area contributed by atoms with Crippen LogP contribution in [0.5, 0.6) is 0 Å². The van der Waals surface area contributed by atoms with Crippen LogP contribution in [-0.2, 0) is 14.3 Å². The number of ether oxygens (including phenoxy) is 1. The van der Waals surface area contributed by atoms with Crippen LogP contribution in [0.15, 0.2) is 24.3 Å². The van der Waals surface area contributed by atoms with Gasteiger partial charge in [0.25, 0.3) is 5.91 Å². The fourth-order valence-electron chi connectivity index (χ4n) is 3.01. The minimum absolute atomic E-state index is 0.152. The smallest absolute Gasteiger partial charge is 0.338 e. The Balaban J connectivity index is 1.88. The zero-order valence-electron chi connectivity index (χ0n) is 15.0. The number of hydrogen-bond donors (Lipinski definition) is 2. The average Bonchev–Trinajstić information content (AvgIpc) is 2.56. The van der Waals surface area contributed by atoms with Gasteiger partial charge in [0, 0.05) is 18.7 Å². The lowest BCUT2D eigenvalue weighted by Crippen LogP contribution is -2.45. The molecule has 2 amide bonds. The zero-order chi connectivity index (χ0) is 18.4. The van der Waals surface area contributed by atoms with Gasteiger partial charge in [-0.15, -0.1) is 0 Å². The van der Waals surface area contributed by atoms with Gasteiger partial charge in [-0.1, -0.05) is 19.8 Å². The Hall–Kier alpha value is -2.37. The van der Waals surface area contributed by atoms with Crippen molar-refractivity contribution >= 4 is 23.5 Å². The first-order chi connectivity index (χ1) is 11.9. The minimum Gasteiger partial charge on any atom is -0.449 e. The van der Waals surface area contributed by atoms with E-state index in [1.54, 1.807) is 31.2 Å². The minimum atomic E-state index is -0.850. The van der Waals surface area contributed by atoms with Crippen LogP contribution >= 0.6 is 0 Å². The third kappa shape index (κ3) is 5.59. The van der Waals surface area contributed by atoms with Gasteiger partial charge in [-0.2, -0.15) is 0 Å². The largest absolute Gasteiger partial charge is 0.449 e. The van der Waals surface area contributed by atoms with Gasteiger partial charge in [-0.3, -0.25) is 9.59 Å². The van der Waals surface area contributed by atoms with Crippen LogP contribution in [-0.4, -0.2) is 29.9 Å². The highest BCUT2D eigenvalue weighted by Crippen LogP contribution is 2.23. The van der Waals surface area contributed by atoms with Gasteiger partial charge in [-0.25, -0.2) is 4.79 Å².